The highest BCUT2D eigenvalue weighted by Crippen LogP contribution is 2.31. The number of halogens is 3. The Bertz CT molecular complexity index is 1120. The van der Waals surface area contributed by atoms with Crippen molar-refractivity contribution in [2.75, 3.05) is 6.61 Å². The topological polar surface area (TPSA) is 77.0 Å². The van der Waals surface area contributed by atoms with Crippen LogP contribution in [0.1, 0.15) is 15.9 Å². The Hall–Kier alpha value is -2.87. The minimum atomic E-state index is -0.471. The number of hydrogen-bond donors (Lipinski definition) is 1. The molecule has 0 bridgehead atoms. The number of rotatable bonds is 7. The quantitative estimate of drug-likeness (QED) is 0.192. The van der Waals surface area contributed by atoms with Gasteiger partial charge in [0.15, 0.2) is 6.61 Å². The highest BCUT2D eigenvalue weighted by atomic mass is 79.9. The number of ether oxygens (including phenoxy) is 2. The summed E-state index contributed by atoms with van der Waals surface area (Å²) >= 11 is 15.2. The molecule has 0 aliphatic rings. The van der Waals surface area contributed by atoms with Crippen LogP contribution in [0.2, 0.25) is 10.0 Å². The molecule has 0 saturated carbocycles. The molecule has 0 saturated heterocycles. The first kappa shape index (κ1) is 22.8. The van der Waals surface area contributed by atoms with Gasteiger partial charge in [0.25, 0.3) is 5.91 Å². The predicted molar refractivity (Wildman–Crippen MR) is 123 cm³/mol. The van der Waals surface area contributed by atoms with Crippen molar-refractivity contribution < 1.29 is 19.1 Å². The van der Waals surface area contributed by atoms with Gasteiger partial charge in [-0.25, -0.2) is 10.2 Å². The SMILES string of the molecule is O=C(COc1cccc(Cl)c1Cl)NN=Cc1ccc(OC(=O)c2ccccc2Br)cc1. The molecule has 1 amide bonds. The first-order valence-electron chi connectivity index (χ1n) is 8.89. The molecule has 6 nitrogen and oxygen atoms in total. The van der Waals surface area contributed by atoms with Crippen LogP contribution >= 0.6 is 39.1 Å². The Kier molecular flexibility index (Phi) is 8.06. The molecule has 0 radical (unpaired) electrons. The van der Waals surface area contributed by atoms with Crippen LogP contribution in [0.3, 0.4) is 0 Å². The van der Waals surface area contributed by atoms with Gasteiger partial charge in [-0.05, 0) is 70.0 Å². The fourth-order valence-electron chi connectivity index (χ4n) is 2.36. The van der Waals surface area contributed by atoms with E-state index in [1.54, 1.807) is 60.7 Å². The summed E-state index contributed by atoms with van der Waals surface area (Å²) in [6.07, 6.45) is 1.45. The normalized spacial score (nSPS) is 10.7. The summed E-state index contributed by atoms with van der Waals surface area (Å²) in [7, 11) is 0. The molecule has 0 atom stereocenters. The van der Waals surface area contributed by atoms with E-state index in [4.69, 9.17) is 32.7 Å². The zero-order valence-corrected chi connectivity index (χ0v) is 18.9. The van der Waals surface area contributed by atoms with Crippen LogP contribution < -0.4 is 14.9 Å². The zero-order valence-electron chi connectivity index (χ0n) is 15.8. The van der Waals surface area contributed by atoms with E-state index in [1.165, 1.54) is 6.21 Å². The van der Waals surface area contributed by atoms with E-state index in [2.05, 4.69) is 26.5 Å². The lowest BCUT2D eigenvalue weighted by Gasteiger charge is -2.07. The van der Waals surface area contributed by atoms with Gasteiger partial charge in [-0.1, -0.05) is 41.4 Å². The molecule has 0 aliphatic carbocycles. The van der Waals surface area contributed by atoms with E-state index >= 15 is 0 Å². The Balaban J connectivity index is 1.49. The molecular formula is C22H15BrCl2N2O4. The maximum Gasteiger partial charge on any atom is 0.344 e. The highest BCUT2D eigenvalue weighted by molar-refractivity contribution is 9.10. The second kappa shape index (κ2) is 10.9. The van der Waals surface area contributed by atoms with Crippen molar-refractivity contribution in [2.24, 2.45) is 5.10 Å². The molecule has 9 heteroatoms. The van der Waals surface area contributed by atoms with Crippen molar-refractivity contribution in [1.82, 2.24) is 5.43 Å². The lowest BCUT2D eigenvalue weighted by Crippen LogP contribution is -2.24. The zero-order chi connectivity index (χ0) is 22.2. The molecule has 0 aromatic heterocycles. The number of esters is 1. The molecule has 0 fully saturated rings. The number of nitrogens with one attached hydrogen (secondary N) is 1. The van der Waals surface area contributed by atoms with Gasteiger partial charge in [0, 0.05) is 4.47 Å². The summed E-state index contributed by atoms with van der Waals surface area (Å²) in [5.41, 5.74) is 3.47. The predicted octanol–water partition coefficient (Wildman–Crippen LogP) is 5.50. The van der Waals surface area contributed by atoms with Crippen LogP contribution in [0, 0.1) is 0 Å². The molecular weight excluding hydrogens is 507 g/mol. The fourth-order valence-corrected chi connectivity index (χ4v) is 3.15. The largest absolute Gasteiger partial charge is 0.482 e. The van der Waals surface area contributed by atoms with Gasteiger partial charge in [-0.2, -0.15) is 5.10 Å². The molecule has 0 spiro atoms. The van der Waals surface area contributed by atoms with E-state index in [1.807, 2.05) is 6.07 Å². The minimum Gasteiger partial charge on any atom is -0.482 e. The molecule has 31 heavy (non-hydrogen) atoms. The monoisotopic (exact) mass is 520 g/mol. The Morgan fingerprint density at radius 1 is 1.00 bits per heavy atom. The summed E-state index contributed by atoms with van der Waals surface area (Å²) < 4.78 is 11.3. The lowest BCUT2D eigenvalue weighted by molar-refractivity contribution is -0.123. The standard InChI is InChI=1S/C22H15BrCl2N2O4/c23-17-5-2-1-4-16(17)22(29)31-15-10-8-14(9-11-15)12-26-27-20(28)13-30-19-7-3-6-18(24)21(19)25/h1-12H,13H2,(H,27,28). The van der Waals surface area contributed by atoms with E-state index in [-0.39, 0.29) is 11.6 Å². The average molecular weight is 522 g/mol. The van der Waals surface area contributed by atoms with Crippen molar-refractivity contribution >= 4 is 57.2 Å². The molecule has 0 unspecified atom stereocenters. The van der Waals surface area contributed by atoms with Gasteiger partial charge in [0.05, 0.1) is 16.8 Å². The number of amides is 1. The van der Waals surface area contributed by atoms with Gasteiger partial charge in [0.1, 0.15) is 16.5 Å². The number of hydrazone groups is 1. The van der Waals surface area contributed by atoms with Gasteiger partial charge >= 0.3 is 5.97 Å². The Labute approximate surface area is 196 Å². The van der Waals surface area contributed by atoms with Gasteiger partial charge in [-0.15, -0.1) is 0 Å². The molecule has 0 heterocycles. The summed E-state index contributed by atoms with van der Waals surface area (Å²) in [5.74, 6) is -0.248. The van der Waals surface area contributed by atoms with Crippen LogP contribution in [0.25, 0.3) is 0 Å². The summed E-state index contributed by atoms with van der Waals surface area (Å²) in [4.78, 5) is 24.1. The molecule has 158 valence electrons. The van der Waals surface area contributed by atoms with Crippen LogP contribution in [0.5, 0.6) is 11.5 Å². The van der Waals surface area contributed by atoms with Gasteiger partial charge in [0.2, 0.25) is 0 Å². The van der Waals surface area contributed by atoms with E-state index in [0.29, 0.717) is 32.1 Å². The van der Waals surface area contributed by atoms with Gasteiger partial charge in [-0.3, -0.25) is 4.79 Å². The highest BCUT2D eigenvalue weighted by Gasteiger charge is 2.11. The number of carbonyl (C=O) groups excluding carboxylic acids is 2. The van der Waals surface area contributed by atoms with Crippen LogP contribution in [0.15, 0.2) is 76.3 Å². The third-order valence-corrected chi connectivity index (χ3v) is 5.36. The van der Waals surface area contributed by atoms with Crippen molar-refractivity contribution in [3.63, 3.8) is 0 Å². The first-order valence-corrected chi connectivity index (χ1v) is 10.4. The van der Waals surface area contributed by atoms with Crippen molar-refractivity contribution in [1.29, 1.82) is 0 Å². The second-order valence-corrected chi connectivity index (χ2v) is 7.71. The van der Waals surface area contributed by atoms with E-state index in [0.717, 1.165) is 0 Å². The van der Waals surface area contributed by atoms with Crippen LogP contribution in [0.4, 0.5) is 0 Å². The van der Waals surface area contributed by atoms with Crippen LogP contribution in [-0.4, -0.2) is 24.7 Å². The summed E-state index contributed by atoms with van der Waals surface area (Å²) in [5, 5.41) is 4.44. The third kappa shape index (κ3) is 6.55. The Morgan fingerprint density at radius 3 is 2.48 bits per heavy atom. The third-order valence-electron chi connectivity index (χ3n) is 3.86. The number of benzene rings is 3. The lowest BCUT2D eigenvalue weighted by atomic mass is 10.2. The number of carbonyl (C=O) groups is 2. The summed E-state index contributed by atoms with van der Waals surface area (Å²) in [6.45, 7) is -0.276. The number of hydrogen-bond acceptors (Lipinski definition) is 5. The molecule has 0 aliphatic heterocycles. The maximum atomic E-state index is 12.2. The smallest absolute Gasteiger partial charge is 0.344 e. The first-order chi connectivity index (χ1) is 14.9. The Morgan fingerprint density at radius 2 is 1.74 bits per heavy atom. The molecule has 3 aromatic carbocycles. The van der Waals surface area contributed by atoms with Crippen molar-refractivity contribution in [2.45, 2.75) is 0 Å². The maximum absolute atomic E-state index is 12.2. The van der Waals surface area contributed by atoms with Crippen molar-refractivity contribution in [3.8, 4) is 11.5 Å². The van der Waals surface area contributed by atoms with Gasteiger partial charge < -0.3 is 9.47 Å². The minimum absolute atomic E-state index is 0.237. The van der Waals surface area contributed by atoms with E-state index in [9.17, 15) is 9.59 Å². The molecule has 3 rings (SSSR count). The molecule has 3 aromatic rings. The summed E-state index contributed by atoms with van der Waals surface area (Å²) in [6, 6.07) is 18.5. The fraction of sp³-hybridized carbons (Fsp3) is 0.0455. The van der Waals surface area contributed by atoms with E-state index < -0.39 is 11.9 Å². The number of nitrogens with zero attached hydrogens (tertiary/aromatic N) is 1. The van der Waals surface area contributed by atoms with Crippen LogP contribution in [-0.2, 0) is 4.79 Å². The average Bonchev–Trinajstić information content (AvgIpc) is 2.76. The molecule has 1 N–H and O–H groups in total. The second-order valence-electron chi connectivity index (χ2n) is 6.07. The van der Waals surface area contributed by atoms with Crippen molar-refractivity contribution in [3.05, 3.63) is 92.4 Å².